The number of piperidine rings is 1. The molecule has 3 nitrogen and oxygen atoms in total. The van der Waals surface area contributed by atoms with Crippen LogP contribution in [0.15, 0.2) is 42.5 Å². The van der Waals surface area contributed by atoms with Gasteiger partial charge in [0, 0.05) is 24.7 Å². The van der Waals surface area contributed by atoms with Gasteiger partial charge in [0.1, 0.15) is 0 Å². The number of hydrogen-bond donors (Lipinski definition) is 1. The first-order chi connectivity index (χ1) is 13.0. The Balaban J connectivity index is 1.59. The summed E-state index contributed by atoms with van der Waals surface area (Å²) in [6.45, 7) is 10.4. The van der Waals surface area contributed by atoms with E-state index in [0.717, 1.165) is 32.4 Å². The Labute approximate surface area is 163 Å². The molecule has 0 aromatic heterocycles. The van der Waals surface area contributed by atoms with Crippen molar-refractivity contribution in [3.63, 3.8) is 0 Å². The summed E-state index contributed by atoms with van der Waals surface area (Å²) in [5, 5.41) is 3.32. The lowest BCUT2D eigenvalue weighted by atomic mass is 9.93. The Hall–Kier alpha value is -2.29. The number of amides is 1. The van der Waals surface area contributed by atoms with Crippen LogP contribution in [0.4, 0.5) is 5.69 Å². The summed E-state index contributed by atoms with van der Waals surface area (Å²) < 4.78 is 0. The molecule has 2 aromatic carbocycles. The number of aryl methyl sites for hydroxylation is 3. The summed E-state index contributed by atoms with van der Waals surface area (Å²) in [4.78, 5) is 15.3. The first kappa shape index (κ1) is 19.5. The number of anilines is 1. The highest BCUT2D eigenvalue weighted by molar-refractivity contribution is 5.79. The molecule has 1 aliphatic heterocycles. The molecule has 144 valence electrons. The maximum Gasteiger partial charge on any atom is 0.223 e. The summed E-state index contributed by atoms with van der Waals surface area (Å²) in [5.74, 6) is 0.330. The minimum Gasteiger partial charge on any atom is -0.371 e. The molecule has 27 heavy (non-hydrogen) atoms. The van der Waals surface area contributed by atoms with E-state index in [1.54, 1.807) is 0 Å². The van der Waals surface area contributed by atoms with Crippen molar-refractivity contribution in [3.05, 3.63) is 64.7 Å². The van der Waals surface area contributed by atoms with Crippen molar-refractivity contribution >= 4 is 11.6 Å². The van der Waals surface area contributed by atoms with Gasteiger partial charge in [-0.1, -0.05) is 48.4 Å². The predicted octanol–water partition coefficient (Wildman–Crippen LogP) is 5.10. The molecule has 1 atom stereocenters. The van der Waals surface area contributed by atoms with Crippen LogP contribution in [-0.4, -0.2) is 19.0 Å². The molecule has 0 aliphatic carbocycles. The SMILES string of the molecule is CCC(NC(=O)C1CCN(c2ccc(C)cc2)CC1)c1ccc(C)cc1C. The average molecular weight is 365 g/mol. The third kappa shape index (κ3) is 4.71. The molecule has 1 N–H and O–H groups in total. The second-order valence-electron chi connectivity index (χ2n) is 7.93. The topological polar surface area (TPSA) is 32.3 Å². The van der Waals surface area contributed by atoms with E-state index in [-0.39, 0.29) is 17.9 Å². The van der Waals surface area contributed by atoms with Crippen molar-refractivity contribution in [2.75, 3.05) is 18.0 Å². The second-order valence-corrected chi connectivity index (χ2v) is 7.93. The monoisotopic (exact) mass is 364 g/mol. The number of nitrogens with zero attached hydrogens (tertiary/aromatic N) is 1. The van der Waals surface area contributed by atoms with Crippen molar-refractivity contribution < 1.29 is 4.79 Å². The average Bonchev–Trinajstić information content (AvgIpc) is 2.67. The fraction of sp³-hybridized carbons (Fsp3) is 0.458. The van der Waals surface area contributed by atoms with Crippen LogP contribution in [0.5, 0.6) is 0 Å². The van der Waals surface area contributed by atoms with E-state index in [1.807, 2.05) is 0 Å². The lowest BCUT2D eigenvalue weighted by Crippen LogP contribution is -2.41. The maximum atomic E-state index is 12.9. The Morgan fingerprint density at radius 3 is 2.26 bits per heavy atom. The molecule has 1 fully saturated rings. The summed E-state index contributed by atoms with van der Waals surface area (Å²) >= 11 is 0. The van der Waals surface area contributed by atoms with E-state index in [1.165, 1.54) is 27.9 Å². The van der Waals surface area contributed by atoms with Gasteiger partial charge in [-0.2, -0.15) is 0 Å². The van der Waals surface area contributed by atoms with Crippen molar-refractivity contribution in [2.24, 2.45) is 5.92 Å². The van der Waals surface area contributed by atoms with Gasteiger partial charge < -0.3 is 10.2 Å². The molecule has 0 radical (unpaired) electrons. The van der Waals surface area contributed by atoms with Crippen LogP contribution >= 0.6 is 0 Å². The highest BCUT2D eigenvalue weighted by Gasteiger charge is 2.27. The van der Waals surface area contributed by atoms with Crippen LogP contribution in [0.3, 0.4) is 0 Å². The van der Waals surface area contributed by atoms with Crippen molar-refractivity contribution in [1.82, 2.24) is 5.32 Å². The Kier molecular flexibility index (Phi) is 6.20. The van der Waals surface area contributed by atoms with Crippen LogP contribution in [0, 0.1) is 26.7 Å². The van der Waals surface area contributed by atoms with Crippen LogP contribution in [-0.2, 0) is 4.79 Å². The molecule has 0 bridgehead atoms. The summed E-state index contributed by atoms with van der Waals surface area (Å²) in [6.07, 6.45) is 2.75. The maximum absolute atomic E-state index is 12.9. The van der Waals surface area contributed by atoms with Crippen LogP contribution in [0.1, 0.15) is 54.5 Å². The number of carbonyl (C=O) groups is 1. The Bertz CT molecular complexity index is 773. The standard InChI is InChI=1S/C24H32N2O/c1-5-23(22-11-8-18(3)16-19(22)4)25-24(27)20-12-14-26(15-13-20)21-9-6-17(2)7-10-21/h6-11,16,20,23H,5,12-15H2,1-4H3,(H,25,27). The zero-order chi connectivity index (χ0) is 19.4. The summed E-state index contributed by atoms with van der Waals surface area (Å²) in [7, 11) is 0. The van der Waals surface area contributed by atoms with E-state index in [2.05, 4.69) is 80.4 Å². The number of benzene rings is 2. The zero-order valence-corrected chi connectivity index (χ0v) is 17.1. The minimum absolute atomic E-state index is 0.105. The molecule has 1 aliphatic rings. The molecule has 2 aromatic rings. The van der Waals surface area contributed by atoms with Gasteiger partial charge in [-0.05, 0) is 63.3 Å². The van der Waals surface area contributed by atoms with Gasteiger partial charge in [0.25, 0.3) is 0 Å². The first-order valence-electron chi connectivity index (χ1n) is 10.2. The van der Waals surface area contributed by atoms with Crippen LogP contribution < -0.4 is 10.2 Å². The van der Waals surface area contributed by atoms with Gasteiger partial charge >= 0.3 is 0 Å². The van der Waals surface area contributed by atoms with E-state index >= 15 is 0 Å². The van der Waals surface area contributed by atoms with Gasteiger partial charge in [0.05, 0.1) is 6.04 Å². The second kappa shape index (κ2) is 8.60. The van der Waals surface area contributed by atoms with Crippen LogP contribution in [0.25, 0.3) is 0 Å². The van der Waals surface area contributed by atoms with Crippen LogP contribution in [0.2, 0.25) is 0 Å². The molecule has 0 saturated carbocycles. The third-order valence-corrected chi connectivity index (χ3v) is 5.79. The molecular formula is C24H32N2O. The number of nitrogens with one attached hydrogen (secondary N) is 1. The normalized spacial score (nSPS) is 16.2. The molecular weight excluding hydrogens is 332 g/mol. The number of carbonyl (C=O) groups excluding carboxylic acids is 1. The van der Waals surface area contributed by atoms with Crippen molar-refractivity contribution in [1.29, 1.82) is 0 Å². The molecule has 3 heteroatoms. The van der Waals surface area contributed by atoms with Gasteiger partial charge in [-0.3, -0.25) is 4.79 Å². The number of rotatable bonds is 5. The van der Waals surface area contributed by atoms with E-state index in [9.17, 15) is 4.79 Å². The largest absolute Gasteiger partial charge is 0.371 e. The minimum atomic E-state index is 0.105. The predicted molar refractivity (Wildman–Crippen MR) is 113 cm³/mol. The molecule has 3 rings (SSSR count). The number of hydrogen-bond acceptors (Lipinski definition) is 2. The third-order valence-electron chi connectivity index (χ3n) is 5.79. The summed E-state index contributed by atoms with van der Waals surface area (Å²) in [5.41, 5.74) is 6.32. The smallest absolute Gasteiger partial charge is 0.223 e. The van der Waals surface area contributed by atoms with Gasteiger partial charge in [-0.25, -0.2) is 0 Å². The molecule has 1 unspecified atom stereocenters. The van der Waals surface area contributed by atoms with Gasteiger partial charge in [0.15, 0.2) is 0 Å². The molecule has 1 heterocycles. The van der Waals surface area contributed by atoms with E-state index in [4.69, 9.17) is 0 Å². The summed E-state index contributed by atoms with van der Waals surface area (Å²) in [6, 6.07) is 15.3. The Morgan fingerprint density at radius 2 is 1.67 bits per heavy atom. The van der Waals surface area contributed by atoms with E-state index < -0.39 is 0 Å². The lowest BCUT2D eigenvalue weighted by Gasteiger charge is -2.34. The molecule has 1 amide bonds. The zero-order valence-electron chi connectivity index (χ0n) is 17.1. The van der Waals surface area contributed by atoms with Gasteiger partial charge in [0.2, 0.25) is 5.91 Å². The fourth-order valence-corrected chi connectivity index (χ4v) is 4.06. The highest BCUT2D eigenvalue weighted by atomic mass is 16.1. The molecule has 1 saturated heterocycles. The highest BCUT2D eigenvalue weighted by Crippen LogP contribution is 2.26. The van der Waals surface area contributed by atoms with Crippen molar-refractivity contribution in [2.45, 2.75) is 53.0 Å². The fourth-order valence-electron chi connectivity index (χ4n) is 4.06. The van der Waals surface area contributed by atoms with Crippen molar-refractivity contribution in [3.8, 4) is 0 Å². The van der Waals surface area contributed by atoms with E-state index in [0.29, 0.717) is 0 Å². The Morgan fingerprint density at radius 1 is 1.04 bits per heavy atom. The van der Waals surface area contributed by atoms with Gasteiger partial charge in [-0.15, -0.1) is 0 Å². The quantitative estimate of drug-likeness (QED) is 0.801. The lowest BCUT2D eigenvalue weighted by molar-refractivity contribution is -0.126. The first-order valence-corrected chi connectivity index (χ1v) is 10.2. The molecule has 0 spiro atoms.